The Bertz CT molecular complexity index is 8.00. The molecule has 0 unspecified atom stereocenters. The van der Waals surface area contributed by atoms with Crippen molar-refractivity contribution < 1.29 is 0 Å². The lowest BCUT2D eigenvalue weighted by molar-refractivity contribution is 0.886. The number of hydrogen-bond donors (Lipinski definition) is 0. The lowest BCUT2D eigenvalue weighted by Gasteiger charge is -1.68. The summed E-state index contributed by atoms with van der Waals surface area (Å²) >= 11 is 0. The van der Waals surface area contributed by atoms with Gasteiger partial charge in [0.2, 0.25) is 0 Å². The van der Waals surface area contributed by atoms with Gasteiger partial charge in [-0.15, -0.1) is 0 Å². The molecule has 0 saturated heterocycles. The van der Waals surface area contributed by atoms with Crippen molar-refractivity contribution in [1.82, 2.24) is 0 Å². The van der Waals surface area contributed by atoms with Crippen LogP contribution in [0, 0.1) is 0 Å². The predicted octanol–water partition coefficient (Wildman–Crippen LogP) is 9.34. The van der Waals surface area contributed by atoms with Crippen molar-refractivity contribution in [2.45, 2.75) is 120 Å². The van der Waals surface area contributed by atoms with Gasteiger partial charge in [0.05, 0.1) is 0 Å². The summed E-state index contributed by atoms with van der Waals surface area (Å²) in [6.07, 6.45) is 5.28. The van der Waals surface area contributed by atoms with Gasteiger partial charge in [-0.1, -0.05) is 120 Å². The average molecular weight is 261 g/mol. The van der Waals surface area contributed by atoms with E-state index in [-0.39, 0.29) is 66.8 Å². The topological polar surface area (TPSA) is 0 Å². The molecule has 0 N–H and O–H groups in total. The summed E-state index contributed by atoms with van der Waals surface area (Å²) in [7, 11) is 0. The maximum atomic E-state index is 2.18. The zero-order chi connectivity index (χ0) is 6.83. The highest BCUT2D eigenvalue weighted by molar-refractivity contribution is 4.13. The third-order valence-corrected chi connectivity index (χ3v) is 1.000. The lowest BCUT2D eigenvalue weighted by Crippen LogP contribution is -1.47. The summed E-state index contributed by atoms with van der Waals surface area (Å²) in [5.74, 6) is 0. The SMILES string of the molecule is C.C.C.C.C.C.C.C.C.CCCC.CCCC. The molecular weight excluding hydrogens is 204 g/mol. The Kier molecular flexibility index (Phi) is 1600. The third kappa shape index (κ3) is 784. The van der Waals surface area contributed by atoms with Crippen LogP contribution >= 0.6 is 0 Å². The van der Waals surface area contributed by atoms with Crippen LogP contribution in [0.4, 0.5) is 0 Å². The van der Waals surface area contributed by atoms with Gasteiger partial charge in [0.25, 0.3) is 0 Å². The van der Waals surface area contributed by atoms with Crippen LogP contribution in [-0.2, 0) is 0 Å². The molecule has 124 valence electrons. The van der Waals surface area contributed by atoms with Crippen molar-refractivity contribution in [2.75, 3.05) is 0 Å². The molecule has 0 amide bonds. The summed E-state index contributed by atoms with van der Waals surface area (Å²) in [4.78, 5) is 0. The maximum absolute atomic E-state index is 2.18. The molecule has 0 fully saturated rings. The molecule has 0 aromatic rings. The van der Waals surface area contributed by atoms with E-state index in [9.17, 15) is 0 Å². The van der Waals surface area contributed by atoms with Crippen molar-refractivity contribution in [2.24, 2.45) is 0 Å². The minimum absolute atomic E-state index is 0. The van der Waals surface area contributed by atoms with Crippen LogP contribution in [0.15, 0.2) is 0 Å². The van der Waals surface area contributed by atoms with E-state index in [0.717, 1.165) is 0 Å². The Balaban J connectivity index is -0.00000000308. The van der Waals surface area contributed by atoms with Gasteiger partial charge in [-0.05, 0) is 0 Å². The predicted molar refractivity (Wildman–Crippen MR) is 102 cm³/mol. The van der Waals surface area contributed by atoms with Gasteiger partial charge in [0, 0.05) is 0 Å². The van der Waals surface area contributed by atoms with E-state index in [4.69, 9.17) is 0 Å². The first-order chi connectivity index (χ1) is 3.83. The van der Waals surface area contributed by atoms with Gasteiger partial charge in [0.1, 0.15) is 0 Å². The molecule has 0 atom stereocenters. The fourth-order valence-electron chi connectivity index (χ4n) is 0. The molecule has 0 spiro atoms. The second-order valence-corrected chi connectivity index (χ2v) is 2.00. The van der Waals surface area contributed by atoms with E-state index in [2.05, 4.69) is 27.7 Å². The smallest absolute Gasteiger partial charge is 0.0564 e. The van der Waals surface area contributed by atoms with Crippen LogP contribution in [0.25, 0.3) is 0 Å². The molecule has 0 saturated carbocycles. The first kappa shape index (κ1) is 121. The third-order valence-electron chi connectivity index (χ3n) is 1.000. The van der Waals surface area contributed by atoms with Gasteiger partial charge in [0.15, 0.2) is 0 Å². The molecule has 0 aliphatic heterocycles. The summed E-state index contributed by atoms with van der Waals surface area (Å²) < 4.78 is 0. The van der Waals surface area contributed by atoms with E-state index in [1.54, 1.807) is 0 Å². The van der Waals surface area contributed by atoms with Crippen molar-refractivity contribution in [3.05, 3.63) is 0 Å². The summed E-state index contributed by atoms with van der Waals surface area (Å²) in [5, 5.41) is 0. The highest BCUT2D eigenvalue weighted by atomic mass is 13.6. The first-order valence-electron chi connectivity index (χ1n) is 3.83. The minimum atomic E-state index is 0. The van der Waals surface area contributed by atoms with E-state index >= 15 is 0 Å². The first-order valence-corrected chi connectivity index (χ1v) is 3.83. The zero-order valence-corrected chi connectivity index (χ0v) is 6.83. The van der Waals surface area contributed by atoms with Gasteiger partial charge in [-0.25, -0.2) is 0 Å². The molecule has 0 rings (SSSR count). The quantitative estimate of drug-likeness (QED) is 0.464. The number of unbranched alkanes of at least 4 members (excludes halogenated alkanes) is 2. The zero-order valence-electron chi connectivity index (χ0n) is 6.83. The minimum Gasteiger partial charge on any atom is -0.0776 e. The molecule has 0 radical (unpaired) electrons. The maximum Gasteiger partial charge on any atom is -0.0564 e. The largest absolute Gasteiger partial charge is 0.0776 e. The van der Waals surface area contributed by atoms with Crippen LogP contribution in [0.3, 0.4) is 0 Å². The van der Waals surface area contributed by atoms with Crippen molar-refractivity contribution in [1.29, 1.82) is 0 Å². The average Bonchev–Trinajstić information content (AvgIpc) is 1.88. The molecule has 0 heterocycles. The monoisotopic (exact) mass is 260 g/mol. The van der Waals surface area contributed by atoms with E-state index in [1.807, 2.05) is 0 Å². The van der Waals surface area contributed by atoms with Crippen LogP contribution in [-0.4, -0.2) is 0 Å². The second kappa shape index (κ2) is 225. The Morgan fingerprint density at radius 1 is 0.294 bits per heavy atom. The van der Waals surface area contributed by atoms with Crippen LogP contribution < -0.4 is 0 Å². The van der Waals surface area contributed by atoms with Crippen molar-refractivity contribution >= 4 is 0 Å². The summed E-state index contributed by atoms with van der Waals surface area (Å²) in [6.45, 7) is 8.72. The van der Waals surface area contributed by atoms with E-state index in [0.29, 0.717) is 0 Å². The highest BCUT2D eigenvalue weighted by Crippen LogP contribution is 1.77. The molecule has 17 heavy (non-hydrogen) atoms. The number of hydrogen-bond acceptors (Lipinski definition) is 0. The molecule has 0 bridgehead atoms. The normalized spacial score (nSPS) is 3.53. The molecule has 0 aromatic heterocycles. The van der Waals surface area contributed by atoms with Gasteiger partial charge in [-0.3, -0.25) is 0 Å². The molecule has 0 heteroatoms. The fraction of sp³-hybridized carbons (Fsp3) is 1.00. The fourth-order valence-corrected chi connectivity index (χ4v) is 0. The number of rotatable bonds is 2. The van der Waals surface area contributed by atoms with Crippen LogP contribution in [0.1, 0.15) is 120 Å². The van der Waals surface area contributed by atoms with Gasteiger partial charge >= 0.3 is 0 Å². The molecular formula is C17H56. The summed E-state index contributed by atoms with van der Waals surface area (Å²) in [5.41, 5.74) is 0. The molecule has 0 aromatic carbocycles. The molecule has 0 nitrogen and oxygen atoms in total. The summed E-state index contributed by atoms with van der Waals surface area (Å²) in [6, 6.07) is 0. The van der Waals surface area contributed by atoms with Gasteiger partial charge in [-0.2, -0.15) is 0 Å². The Hall–Kier alpha value is 0. The standard InChI is InChI=1S/2C4H10.9CH4/c2*1-3-4-2;;;;;;;;;/h2*3-4H2,1-2H3;9*1H4. The molecule has 0 aliphatic carbocycles. The highest BCUT2D eigenvalue weighted by Gasteiger charge is 1.56. The van der Waals surface area contributed by atoms with E-state index < -0.39 is 0 Å². The van der Waals surface area contributed by atoms with Crippen LogP contribution in [0.5, 0.6) is 0 Å². The molecule has 0 aliphatic rings. The second-order valence-electron chi connectivity index (χ2n) is 2.00. The Labute approximate surface area is 121 Å². The van der Waals surface area contributed by atoms with Gasteiger partial charge < -0.3 is 0 Å². The van der Waals surface area contributed by atoms with E-state index in [1.165, 1.54) is 25.7 Å². The van der Waals surface area contributed by atoms with Crippen LogP contribution in [0.2, 0.25) is 0 Å². The van der Waals surface area contributed by atoms with Crippen molar-refractivity contribution in [3.63, 3.8) is 0 Å². The Morgan fingerprint density at radius 3 is 0.353 bits per heavy atom. The van der Waals surface area contributed by atoms with Crippen molar-refractivity contribution in [3.8, 4) is 0 Å². The Morgan fingerprint density at radius 2 is 0.353 bits per heavy atom. The lowest BCUT2D eigenvalue weighted by atomic mass is 10.4.